The summed E-state index contributed by atoms with van der Waals surface area (Å²) in [5.41, 5.74) is 2.36. The average molecular weight is 513 g/mol. The summed E-state index contributed by atoms with van der Waals surface area (Å²) in [5.74, 6) is -0.466. The summed E-state index contributed by atoms with van der Waals surface area (Å²) >= 11 is 12.5. The molecule has 1 aliphatic rings. The van der Waals surface area contributed by atoms with Crippen molar-refractivity contribution in [2.75, 3.05) is 23.8 Å². The van der Waals surface area contributed by atoms with Gasteiger partial charge in [0, 0.05) is 28.9 Å². The van der Waals surface area contributed by atoms with Crippen molar-refractivity contribution < 1.29 is 9.66 Å². The zero-order chi connectivity index (χ0) is 24.9. The molecule has 2 unspecified atom stereocenters. The van der Waals surface area contributed by atoms with Gasteiger partial charge < -0.3 is 15.4 Å². The van der Waals surface area contributed by atoms with Gasteiger partial charge in [-0.3, -0.25) is 10.1 Å². The van der Waals surface area contributed by atoms with Gasteiger partial charge in [-0.25, -0.2) is 9.97 Å². The van der Waals surface area contributed by atoms with Crippen LogP contribution in [0, 0.1) is 28.4 Å². The van der Waals surface area contributed by atoms with E-state index in [4.69, 9.17) is 27.9 Å². The lowest BCUT2D eigenvalue weighted by molar-refractivity contribution is -0.383. The molecule has 0 bridgehead atoms. The monoisotopic (exact) mass is 512 g/mol. The predicted molar refractivity (Wildman–Crippen MR) is 135 cm³/mol. The molecular weight excluding hydrogens is 491 g/mol. The molecule has 0 amide bonds. The second-order valence-electron chi connectivity index (χ2n) is 8.12. The second kappa shape index (κ2) is 10.9. The third kappa shape index (κ3) is 5.62. The fourth-order valence-corrected chi connectivity index (χ4v) is 4.35. The Morgan fingerprint density at radius 3 is 2.66 bits per heavy atom. The number of nitro groups is 1. The number of aryl methyl sites for hydroxylation is 1. The van der Waals surface area contributed by atoms with Crippen LogP contribution in [0.2, 0.25) is 10.0 Å². The maximum absolute atomic E-state index is 11.9. The molecule has 35 heavy (non-hydrogen) atoms. The van der Waals surface area contributed by atoms with Crippen molar-refractivity contribution in [3.63, 3.8) is 0 Å². The van der Waals surface area contributed by atoms with Gasteiger partial charge in [-0.15, -0.1) is 0 Å². The van der Waals surface area contributed by atoms with Crippen LogP contribution in [0.5, 0.6) is 0 Å². The minimum Gasteiger partial charge on any atom is -0.376 e. The molecule has 2 heterocycles. The van der Waals surface area contributed by atoms with E-state index in [0.29, 0.717) is 34.4 Å². The average Bonchev–Trinajstić information content (AvgIpc) is 3.36. The summed E-state index contributed by atoms with van der Waals surface area (Å²) in [6, 6.07) is 12.7. The maximum Gasteiger partial charge on any atom is 0.353 e. The largest absolute Gasteiger partial charge is 0.376 e. The smallest absolute Gasteiger partial charge is 0.353 e. The third-order valence-corrected chi connectivity index (χ3v) is 6.35. The van der Waals surface area contributed by atoms with Crippen molar-refractivity contribution in [3.8, 4) is 6.07 Å². The number of nitriles is 1. The van der Waals surface area contributed by atoms with E-state index in [0.717, 1.165) is 24.0 Å². The summed E-state index contributed by atoms with van der Waals surface area (Å²) in [6.45, 7) is 2.92. The number of hydrogen-bond acceptors (Lipinski definition) is 8. The molecule has 2 atom stereocenters. The summed E-state index contributed by atoms with van der Waals surface area (Å²) in [7, 11) is 0. The van der Waals surface area contributed by atoms with E-state index in [1.165, 1.54) is 6.33 Å². The molecule has 0 radical (unpaired) electrons. The Hall–Kier alpha value is -3.45. The molecule has 1 saturated heterocycles. The molecule has 0 saturated carbocycles. The highest BCUT2D eigenvalue weighted by molar-refractivity contribution is 6.32. The summed E-state index contributed by atoms with van der Waals surface area (Å²) in [6.07, 6.45) is 3.10. The second-order valence-corrected chi connectivity index (χ2v) is 8.96. The molecule has 1 fully saturated rings. The summed E-state index contributed by atoms with van der Waals surface area (Å²) in [5, 5.41) is 28.6. The zero-order valence-electron chi connectivity index (χ0n) is 18.8. The molecule has 0 aliphatic carbocycles. The van der Waals surface area contributed by atoms with E-state index in [1.54, 1.807) is 36.4 Å². The number of hydrogen-bond donors (Lipinski definition) is 2. The number of aromatic nitrogens is 2. The number of ether oxygens (including phenoxy) is 1. The summed E-state index contributed by atoms with van der Waals surface area (Å²) < 4.78 is 5.57. The van der Waals surface area contributed by atoms with Crippen molar-refractivity contribution in [2.24, 2.45) is 0 Å². The lowest BCUT2D eigenvalue weighted by Gasteiger charge is -2.17. The molecule has 2 N–H and O–H groups in total. The standard InChI is InChI=1S/C24H22Cl2N6O3/c1-14-9-18(19(11-27)15-4-6-16(25)7-5-15)20(26)10-21(14)31-24-22(32(33)34)23(29-13-30-24)28-12-17-3-2-8-35-17/h4-7,9-10,13,17,19H,2-3,8,12H2,1H3,(H2,28,29,30,31). The molecule has 4 rings (SSSR count). The molecule has 180 valence electrons. The molecule has 11 heteroatoms. The van der Waals surface area contributed by atoms with Crippen LogP contribution in [0.1, 0.15) is 35.4 Å². The van der Waals surface area contributed by atoms with E-state index in [1.807, 2.05) is 6.92 Å². The van der Waals surface area contributed by atoms with E-state index >= 15 is 0 Å². The molecule has 3 aromatic rings. The Morgan fingerprint density at radius 2 is 2.00 bits per heavy atom. The van der Waals surface area contributed by atoms with Crippen molar-refractivity contribution in [2.45, 2.75) is 31.8 Å². The van der Waals surface area contributed by atoms with Crippen LogP contribution in [0.3, 0.4) is 0 Å². The normalized spacial score (nSPS) is 15.9. The van der Waals surface area contributed by atoms with Crippen molar-refractivity contribution in [3.05, 3.63) is 79.6 Å². The van der Waals surface area contributed by atoms with Gasteiger partial charge >= 0.3 is 5.69 Å². The highest BCUT2D eigenvalue weighted by atomic mass is 35.5. The Morgan fingerprint density at radius 1 is 1.26 bits per heavy atom. The van der Waals surface area contributed by atoms with E-state index in [9.17, 15) is 15.4 Å². The Balaban J connectivity index is 1.62. The lowest BCUT2D eigenvalue weighted by atomic mass is 9.91. The number of nitrogens with zero attached hydrogens (tertiary/aromatic N) is 4. The number of anilines is 3. The summed E-state index contributed by atoms with van der Waals surface area (Å²) in [4.78, 5) is 19.5. The van der Waals surface area contributed by atoms with Gasteiger partial charge in [0.2, 0.25) is 11.6 Å². The van der Waals surface area contributed by atoms with Gasteiger partial charge in [0.15, 0.2) is 0 Å². The SMILES string of the molecule is Cc1cc(C(C#N)c2ccc(Cl)cc2)c(Cl)cc1Nc1ncnc(NCC2CCCO2)c1[N+](=O)[O-]. The molecule has 9 nitrogen and oxygen atoms in total. The van der Waals surface area contributed by atoms with Crippen LogP contribution in [0.15, 0.2) is 42.7 Å². The van der Waals surface area contributed by atoms with Crippen molar-refractivity contribution >= 4 is 46.2 Å². The quantitative estimate of drug-likeness (QED) is 0.278. The minimum absolute atomic E-state index is 0.0108. The van der Waals surface area contributed by atoms with Gasteiger partial charge in [-0.2, -0.15) is 5.26 Å². The van der Waals surface area contributed by atoms with Crippen molar-refractivity contribution in [1.29, 1.82) is 5.26 Å². The van der Waals surface area contributed by atoms with Gasteiger partial charge in [-0.05, 0) is 54.7 Å². The first-order valence-electron chi connectivity index (χ1n) is 10.9. The van der Waals surface area contributed by atoms with Crippen LogP contribution in [-0.2, 0) is 4.74 Å². The van der Waals surface area contributed by atoms with E-state index in [2.05, 4.69) is 26.7 Å². The highest BCUT2D eigenvalue weighted by Gasteiger charge is 2.26. The van der Waals surface area contributed by atoms with E-state index < -0.39 is 10.8 Å². The molecule has 0 spiro atoms. The Kier molecular flexibility index (Phi) is 7.66. The zero-order valence-corrected chi connectivity index (χ0v) is 20.3. The van der Waals surface area contributed by atoms with Crippen LogP contribution in [0.4, 0.5) is 23.0 Å². The molecule has 2 aromatic carbocycles. The first kappa shape index (κ1) is 24.7. The van der Waals surface area contributed by atoms with Crippen LogP contribution in [-0.4, -0.2) is 34.1 Å². The first-order valence-corrected chi connectivity index (χ1v) is 11.7. The maximum atomic E-state index is 11.9. The van der Waals surface area contributed by atoms with Gasteiger partial charge in [-0.1, -0.05) is 41.4 Å². The number of rotatable bonds is 8. The molecular formula is C24H22Cl2N6O3. The Labute approximate surface area is 212 Å². The Bertz CT molecular complexity index is 1270. The number of nitrogens with one attached hydrogen (secondary N) is 2. The van der Waals surface area contributed by atoms with Crippen LogP contribution in [0.25, 0.3) is 0 Å². The third-order valence-electron chi connectivity index (χ3n) is 5.77. The predicted octanol–water partition coefficient (Wildman–Crippen LogP) is 5.99. The minimum atomic E-state index is -0.602. The van der Waals surface area contributed by atoms with Crippen LogP contribution >= 0.6 is 23.2 Å². The van der Waals surface area contributed by atoms with Gasteiger partial charge in [0.05, 0.1) is 23.0 Å². The molecule has 1 aliphatic heterocycles. The first-order chi connectivity index (χ1) is 16.9. The topological polar surface area (TPSA) is 126 Å². The fraction of sp³-hybridized carbons (Fsp3) is 0.292. The number of benzene rings is 2. The van der Waals surface area contributed by atoms with E-state index in [-0.39, 0.29) is 23.4 Å². The van der Waals surface area contributed by atoms with Gasteiger partial charge in [0.25, 0.3) is 0 Å². The highest BCUT2D eigenvalue weighted by Crippen LogP contribution is 2.37. The number of halogens is 2. The fourth-order valence-electron chi connectivity index (χ4n) is 3.95. The van der Waals surface area contributed by atoms with Gasteiger partial charge in [0.1, 0.15) is 6.33 Å². The van der Waals surface area contributed by atoms with Crippen molar-refractivity contribution in [1.82, 2.24) is 9.97 Å². The lowest BCUT2D eigenvalue weighted by Crippen LogP contribution is -2.20. The molecule has 1 aromatic heterocycles. The van der Waals surface area contributed by atoms with Crippen LogP contribution < -0.4 is 10.6 Å².